The molecule has 1 amide bonds. The molecular weight excluding hydrogens is 274 g/mol. The molecule has 116 valence electrons. The van der Waals surface area contributed by atoms with Crippen molar-refractivity contribution in [2.45, 2.75) is 20.8 Å². The van der Waals surface area contributed by atoms with Crippen LogP contribution in [0.2, 0.25) is 0 Å². The van der Waals surface area contributed by atoms with Crippen LogP contribution in [0.3, 0.4) is 0 Å². The summed E-state index contributed by atoms with van der Waals surface area (Å²) in [5.41, 5.74) is 0.510. The zero-order valence-electron chi connectivity index (χ0n) is 12.5. The van der Waals surface area contributed by atoms with Gasteiger partial charge in [0, 0.05) is 24.4 Å². The summed E-state index contributed by atoms with van der Waals surface area (Å²) in [6.07, 6.45) is 0. The molecule has 0 aliphatic heterocycles. The molecule has 7 heteroatoms. The van der Waals surface area contributed by atoms with Gasteiger partial charge in [-0.05, 0) is 18.9 Å². The van der Waals surface area contributed by atoms with Gasteiger partial charge >= 0.3 is 5.69 Å². The minimum atomic E-state index is -0.496. The number of hydrogen-bond acceptors (Lipinski definition) is 5. The van der Waals surface area contributed by atoms with Gasteiger partial charge in [-0.25, -0.2) is 0 Å². The summed E-state index contributed by atoms with van der Waals surface area (Å²) in [5, 5.41) is 16.6. The largest absolute Gasteiger partial charge is 0.487 e. The van der Waals surface area contributed by atoms with Crippen LogP contribution in [0.15, 0.2) is 18.2 Å². The van der Waals surface area contributed by atoms with Gasteiger partial charge in [-0.2, -0.15) is 0 Å². The Morgan fingerprint density at radius 2 is 2.14 bits per heavy atom. The van der Waals surface area contributed by atoms with Crippen molar-refractivity contribution in [2.24, 2.45) is 5.92 Å². The zero-order valence-corrected chi connectivity index (χ0v) is 12.5. The molecule has 0 aromatic heterocycles. The molecule has 0 atom stereocenters. The number of rotatable bonds is 8. The Morgan fingerprint density at radius 1 is 1.43 bits per heavy atom. The zero-order chi connectivity index (χ0) is 15.8. The van der Waals surface area contributed by atoms with Crippen LogP contribution in [0.4, 0.5) is 11.4 Å². The van der Waals surface area contributed by atoms with Gasteiger partial charge in [0.2, 0.25) is 5.91 Å². The second-order valence-electron chi connectivity index (χ2n) is 4.92. The van der Waals surface area contributed by atoms with E-state index in [4.69, 9.17) is 4.74 Å². The van der Waals surface area contributed by atoms with E-state index in [0.29, 0.717) is 24.8 Å². The number of nitro benzene ring substituents is 1. The monoisotopic (exact) mass is 295 g/mol. The molecule has 0 heterocycles. The first-order valence-corrected chi connectivity index (χ1v) is 6.85. The summed E-state index contributed by atoms with van der Waals surface area (Å²) >= 11 is 0. The summed E-state index contributed by atoms with van der Waals surface area (Å²) in [6, 6.07) is 4.44. The molecule has 7 nitrogen and oxygen atoms in total. The number of nitrogens with one attached hydrogen (secondary N) is 2. The van der Waals surface area contributed by atoms with Crippen LogP contribution in [0.25, 0.3) is 0 Å². The fourth-order valence-corrected chi connectivity index (χ4v) is 1.61. The Labute approximate surface area is 123 Å². The highest BCUT2D eigenvalue weighted by Crippen LogP contribution is 2.29. The van der Waals surface area contributed by atoms with Crippen LogP contribution in [0.5, 0.6) is 5.75 Å². The molecule has 0 radical (unpaired) electrons. The quantitative estimate of drug-likeness (QED) is 0.566. The summed E-state index contributed by atoms with van der Waals surface area (Å²) in [4.78, 5) is 22.0. The fourth-order valence-electron chi connectivity index (χ4n) is 1.61. The molecule has 0 aliphatic carbocycles. The second kappa shape index (κ2) is 8.08. The minimum absolute atomic E-state index is 0.0911. The highest BCUT2D eigenvalue weighted by molar-refractivity contribution is 5.80. The van der Waals surface area contributed by atoms with Crippen molar-refractivity contribution < 1.29 is 14.5 Å². The van der Waals surface area contributed by atoms with Gasteiger partial charge in [-0.3, -0.25) is 14.9 Å². The van der Waals surface area contributed by atoms with Gasteiger partial charge < -0.3 is 15.4 Å². The molecule has 0 fully saturated rings. The smallest absolute Gasteiger partial charge is 0.311 e. The number of nitro groups is 1. The first-order chi connectivity index (χ1) is 9.93. The fraction of sp³-hybridized carbons (Fsp3) is 0.500. The number of anilines is 1. The lowest BCUT2D eigenvalue weighted by Gasteiger charge is -2.11. The predicted octanol–water partition coefficient (Wildman–Crippen LogP) is 2.18. The number of hydrogen-bond donors (Lipinski definition) is 2. The molecule has 0 unspecified atom stereocenters. The van der Waals surface area contributed by atoms with Crippen LogP contribution < -0.4 is 15.4 Å². The van der Waals surface area contributed by atoms with Crippen LogP contribution in [-0.4, -0.2) is 30.5 Å². The Kier molecular flexibility index (Phi) is 6.45. The van der Waals surface area contributed by atoms with E-state index in [1.54, 1.807) is 13.0 Å². The summed E-state index contributed by atoms with van der Waals surface area (Å²) in [6.45, 7) is 6.83. The van der Waals surface area contributed by atoms with Crippen LogP contribution in [-0.2, 0) is 4.79 Å². The molecule has 0 bridgehead atoms. The third-order valence-corrected chi connectivity index (χ3v) is 2.62. The Balaban J connectivity index is 2.65. The van der Waals surface area contributed by atoms with E-state index in [9.17, 15) is 14.9 Å². The number of benzene rings is 1. The van der Waals surface area contributed by atoms with Gasteiger partial charge in [0.25, 0.3) is 0 Å². The van der Waals surface area contributed by atoms with Crippen LogP contribution in [0, 0.1) is 16.0 Å². The summed E-state index contributed by atoms with van der Waals surface area (Å²) in [5.74, 6) is 0.452. The van der Waals surface area contributed by atoms with E-state index >= 15 is 0 Å². The van der Waals surface area contributed by atoms with Crippen molar-refractivity contribution in [3.05, 3.63) is 28.3 Å². The highest BCUT2D eigenvalue weighted by atomic mass is 16.6. The average molecular weight is 295 g/mol. The lowest BCUT2D eigenvalue weighted by Crippen LogP contribution is -2.32. The van der Waals surface area contributed by atoms with E-state index in [1.165, 1.54) is 12.1 Å². The minimum Gasteiger partial charge on any atom is -0.487 e. The Morgan fingerprint density at radius 3 is 2.71 bits per heavy atom. The van der Waals surface area contributed by atoms with E-state index in [1.807, 2.05) is 13.8 Å². The van der Waals surface area contributed by atoms with Crippen molar-refractivity contribution in [1.29, 1.82) is 0 Å². The summed E-state index contributed by atoms with van der Waals surface area (Å²) in [7, 11) is 0. The second-order valence-corrected chi connectivity index (χ2v) is 4.92. The highest BCUT2D eigenvalue weighted by Gasteiger charge is 2.15. The van der Waals surface area contributed by atoms with E-state index in [2.05, 4.69) is 10.6 Å². The summed E-state index contributed by atoms with van der Waals surface area (Å²) < 4.78 is 5.24. The molecule has 1 aromatic rings. The van der Waals surface area contributed by atoms with Crippen molar-refractivity contribution >= 4 is 17.3 Å². The van der Waals surface area contributed by atoms with E-state index in [-0.39, 0.29) is 23.9 Å². The molecule has 0 saturated carbocycles. The molecule has 0 spiro atoms. The van der Waals surface area contributed by atoms with Crippen molar-refractivity contribution in [2.75, 3.05) is 25.0 Å². The molecule has 1 aromatic carbocycles. The van der Waals surface area contributed by atoms with Gasteiger partial charge in [0.05, 0.1) is 18.1 Å². The van der Waals surface area contributed by atoms with Crippen LogP contribution >= 0.6 is 0 Å². The van der Waals surface area contributed by atoms with Crippen molar-refractivity contribution in [1.82, 2.24) is 5.32 Å². The molecule has 0 saturated heterocycles. The van der Waals surface area contributed by atoms with Crippen molar-refractivity contribution in [3.63, 3.8) is 0 Å². The standard InChI is InChI=1S/C14H21N3O4/c1-4-21-13-7-11(5-6-12(13)17(19)20)15-9-14(18)16-8-10(2)3/h5-7,10,15H,4,8-9H2,1-3H3,(H,16,18). The number of carbonyl (C=O) groups is 1. The molecule has 1 rings (SSSR count). The Bertz CT molecular complexity index is 503. The van der Waals surface area contributed by atoms with Crippen LogP contribution in [0.1, 0.15) is 20.8 Å². The topological polar surface area (TPSA) is 93.5 Å². The normalized spacial score (nSPS) is 10.3. The first-order valence-electron chi connectivity index (χ1n) is 6.85. The van der Waals surface area contributed by atoms with Gasteiger partial charge in [0.15, 0.2) is 5.75 Å². The average Bonchev–Trinajstić information content (AvgIpc) is 2.43. The number of ether oxygens (including phenoxy) is 1. The number of amides is 1. The van der Waals surface area contributed by atoms with Crippen molar-refractivity contribution in [3.8, 4) is 5.75 Å². The van der Waals surface area contributed by atoms with E-state index in [0.717, 1.165) is 0 Å². The molecular formula is C14H21N3O4. The SMILES string of the molecule is CCOc1cc(NCC(=O)NCC(C)C)ccc1[N+](=O)[O-]. The van der Waals surface area contributed by atoms with E-state index < -0.39 is 4.92 Å². The first kappa shape index (κ1) is 16.7. The van der Waals surface area contributed by atoms with Gasteiger partial charge in [0.1, 0.15) is 0 Å². The number of carbonyl (C=O) groups excluding carboxylic acids is 1. The van der Waals surface area contributed by atoms with Gasteiger partial charge in [-0.1, -0.05) is 13.8 Å². The van der Waals surface area contributed by atoms with Gasteiger partial charge in [-0.15, -0.1) is 0 Å². The Hall–Kier alpha value is -2.31. The molecule has 21 heavy (non-hydrogen) atoms. The molecule has 0 aliphatic rings. The third kappa shape index (κ3) is 5.68. The lowest BCUT2D eigenvalue weighted by molar-refractivity contribution is -0.385. The maximum Gasteiger partial charge on any atom is 0.311 e. The maximum atomic E-state index is 11.6. The third-order valence-electron chi connectivity index (χ3n) is 2.62. The molecule has 2 N–H and O–H groups in total. The number of nitrogens with zero attached hydrogens (tertiary/aromatic N) is 1. The lowest BCUT2D eigenvalue weighted by atomic mass is 10.2. The predicted molar refractivity (Wildman–Crippen MR) is 80.6 cm³/mol. The maximum absolute atomic E-state index is 11.6.